The van der Waals surface area contributed by atoms with Gasteiger partial charge in [0.1, 0.15) is 5.76 Å². The molecule has 2 aromatic carbocycles. The Bertz CT molecular complexity index is 1200. The number of nitrogens with zero attached hydrogens (tertiary/aromatic N) is 1. The van der Waals surface area contributed by atoms with Crippen LogP contribution in [-0.2, 0) is 16.6 Å². The maximum atomic E-state index is 13.0. The Labute approximate surface area is 172 Å². The lowest BCUT2D eigenvalue weighted by Gasteiger charge is -2.14. The number of nitrogens with one attached hydrogen (secondary N) is 2. The van der Waals surface area contributed by atoms with E-state index in [0.717, 1.165) is 6.07 Å². The second-order valence-electron chi connectivity index (χ2n) is 6.56. The molecule has 0 radical (unpaired) electrons. The van der Waals surface area contributed by atoms with E-state index < -0.39 is 20.9 Å². The van der Waals surface area contributed by atoms with Crippen molar-refractivity contribution in [2.75, 3.05) is 4.72 Å². The molecule has 0 unspecified atom stereocenters. The van der Waals surface area contributed by atoms with Gasteiger partial charge in [-0.2, -0.15) is 0 Å². The molecule has 1 amide bonds. The van der Waals surface area contributed by atoms with Crippen molar-refractivity contribution in [2.24, 2.45) is 0 Å². The molecule has 156 valence electrons. The summed E-state index contributed by atoms with van der Waals surface area (Å²) in [5.41, 5.74) is 0.676. The summed E-state index contributed by atoms with van der Waals surface area (Å²) in [6.07, 6.45) is 1.48. The molecule has 0 aliphatic rings. The third-order valence-electron chi connectivity index (χ3n) is 4.52. The number of benzene rings is 2. The van der Waals surface area contributed by atoms with E-state index in [9.17, 15) is 23.3 Å². The zero-order valence-corrected chi connectivity index (χ0v) is 17.0. The predicted molar refractivity (Wildman–Crippen MR) is 110 cm³/mol. The van der Waals surface area contributed by atoms with Gasteiger partial charge in [-0.1, -0.05) is 12.1 Å². The molecule has 1 aromatic heterocycles. The second-order valence-corrected chi connectivity index (χ2v) is 8.21. The van der Waals surface area contributed by atoms with Crippen molar-refractivity contribution in [2.45, 2.75) is 25.3 Å². The van der Waals surface area contributed by atoms with Crippen LogP contribution in [0.4, 0.5) is 11.4 Å². The summed E-state index contributed by atoms with van der Waals surface area (Å²) in [5, 5.41) is 13.8. The molecule has 1 heterocycles. The monoisotopic (exact) mass is 429 g/mol. The van der Waals surface area contributed by atoms with Crippen molar-refractivity contribution in [3.63, 3.8) is 0 Å². The first-order valence-electron chi connectivity index (χ1n) is 8.87. The highest BCUT2D eigenvalue weighted by Crippen LogP contribution is 2.28. The second kappa shape index (κ2) is 8.37. The van der Waals surface area contributed by atoms with Crippen LogP contribution >= 0.6 is 0 Å². The van der Waals surface area contributed by atoms with Crippen molar-refractivity contribution in [1.82, 2.24) is 5.32 Å². The predicted octanol–water partition coefficient (Wildman–Crippen LogP) is 3.54. The van der Waals surface area contributed by atoms with E-state index in [2.05, 4.69) is 10.0 Å². The molecule has 10 heteroatoms. The van der Waals surface area contributed by atoms with Gasteiger partial charge in [-0.25, -0.2) is 8.42 Å². The van der Waals surface area contributed by atoms with Gasteiger partial charge in [0.2, 0.25) is 0 Å². The summed E-state index contributed by atoms with van der Waals surface area (Å²) < 4.78 is 33.5. The van der Waals surface area contributed by atoms with Crippen LogP contribution in [0.1, 0.15) is 27.2 Å². The number of carbonyl (C=O) groups is 1. The van der Waals surface area contributed by atoms with Gasteiger partial charge in [0.25, 0.3) is 21.6 Å². The standard InChI is InChI=1S/C20H19N3O6S/c1-13-10-15(23(25)26)11-19(14(13)2)30(27,28)22-18-8-4-3-7-17(18)20(24)21-12-16-6-5-9-29-16/h3-11,22H,12H2,1-2H3,(H,21,24). The summed E-state index contributed by atoms with van der Waals surface area (Å²) in [6.45, 7) is 3.29. The Balaban J connectivity index is 1.91. The number of nitro groups is 1. The molecule has 3 rings (SSSR count). The molecule has 0 saturated heterocycles. The van der Waals surface area contributed by atoms with Crippen LogP contribution < -0.4 is 10.0 Å². The van der Waals surface area contributed by atoms with Crippen molar-refractivity contribution in [3.8, 4) is 0 Å². The third kappa shape index (κ3) is 4.49. The van der Waals surface area contributed by atoms with Crippen LogP contribution in [0.2, 0.25) is 0 Å². The molecular formula is C20H19N3O6S. The number of anilines is 1. The summed E-state index contributed by atoms with van der Waals surface area (Å²) in [7, 11) is -4.19. The number of amides is 1. The number of hydrogen-bond donors (Lipinski definition) is 2. The van der Waals surface area contributed by atoms with Crippen LogP contribution in [0.3, 0.4) is 0 Å². The Morgan fingerprint density at radius 2 is 1.87 bits per heavy atom. The molecule has 0 saturated carbocycles. The maximum absolute atomic E-state index is 13.0. The van der Waals surface area contributed by atoms with E-state index >= 15 is 0 Å². The van der Waals surface area contributed by atoms with Gasteiger partial charge < -0.3 is 9.73 Å². The first-order chi connectivity index (χ1) is 14.2. The number of rotatable bonds is 7. The number of carbonyl (C=O) groups excluding carboxylic acids is 1. The van der Waals surface area contributed by atoms with E-state index in [4.69, 9.17) is 4.42 Å². The lowest BCUT2D eigenvalue weighted by molar-refractivity contribution is -0.385. The topological polar surface area (TPSA) is 132 Å². The molecule has 0 spiro atoms. The number of furan rings is 1. The molecule has 0 fully saturated rings. The largest absolute Gasteiger partial charge is 0.467 e. The average molecular weight is 429 g/mol. The lowest BCUT2D eigenvalue weighted by atomic mass is 10.1. The third-order valence-corrected chi connectivity index (χ3v) is 6.02. The first kappa shape index (κ1) is 21.1. The Morgan fingerprint density at radius 3 is 2.53 bits per heavy atom. The van der Waals surface area contributed by atoms with Gasteiger partial charge in [-0.15, -0.1) is 0 Å². The summed E-state index contributed by atoms with van der Waals surface area (Å²) in [5.74, 6) is 0.0424. The molecule has 0 aliphatic heterocycles. The van der Waals surface area contributed by atoms with Crippen LogP contribution in [0.25, 0.3) is 0 Å². The molecule has 0 aliphatic carbocycles. The Kier molecular flexibility index (Phi) is 5.88. The molecular weight excluding hydrogens is 410 g/mol. The van der Waals surface area contributed by atoms with Crippen LogP contribution in [0, 0.1) is 24.0 Å². The zero-order chi connectivity index (χ0) is 21.9. The average Bonchev–Trinajstić information content (AvgIpc) is 3.21. The van der Waals surface area contributed by atoms with E-state index in [0.29, 0.717) is 16.9 Å². The van der Waals surface area contributed by atoms with Crippen molar-refractivity contribution in [3.05, 3.63) is 87.4 Å². The zero-order valence-electron chi connectivity index (χ0n) is 16.2. The van der Waals surface area contributed by atoms with Crippen LogP contribution in [0.5, 0.6) is 0 Å². The maximum Gasteiger partial charge on any atom is 0.271 e. The smallest absolute Gasteiger partial charge is 0.271 e. The summed E-state index contributed by atoms with van der Waals surface area (Å²) >= 11 is 0. The van der Waals surface area contributed by atoms with E-state index in [1.807, 2.05) is 0 Å². The number of nitro benzene ring substituents is 1. The van der Waals surface area contributed by atoms with Gasteiger partial charge >= 0.3 is 0 Å². The van der Waals surface area contributed by atoms with Gasteiger partial charge in [-0.3, -0.25) is 19.6 Å². The first-order valence-corrected chi connectivity index (χ1v) is 10.4. The Hall–Kier alpha value is -3.66. The SMILES string of the molecule is Cc1cc([N+](=O)[O-])cc(S(=O)(=O)Nc2ccccc2C(=O)NCc2ccco2)c1C. The van der Waals surface area contributed by atoms with E-state index in [-0.39, 0.29) is 28.4 Å². The molecule has 2 N–H and O–H groups in total. The van der Waals surface area contributed by atoms with E-state index in [1.54, 1.807) is 38.1 Å². The number of para-hydroxylation sites is 1. The highest BCUT2D eigenvalue weighted by atomic mass is 32.2. The minimum atomic E-state index is -4.19. The summed E-state index contributed by atoms with van der Waals surface area (Å²) in [4.78, 5) is 22.8. The fourth-order valence-electron chi connectivity index (χ4n) is 2.84. The highest BCUT2D eigenvalue weighted by Gasteiger charge is 2.24. The summed E-state index contributed by atoms with van der Waals surface area (Å²) in [6, 6.07) is 11.8. The lowest BCUT2D eigenvalue weighted by Crippen LogP contribution is -2.25. The van der Waals surface area contributed by atoms with Crippen LogP contribution in [-0.4, -0.2) is 19.2 Å². The normalized spacial score (nSPS) is 11.1. The van der Waals surface area contributed by atoms with Crippen LogP contribution in [0.15, 0.2) is 64.1 Å². The van der Waals surface area contributed by atoms with Gasteiger partial charge in [0.15, 0.2) is 0 Å². The number of sulfonamides is 1. The molecule has 0 atom stereocenters. The minimum Gasteiger partial charge on any atom is -0.467 e. The van der Waals surface area contributed by atoms with Crippen molar-refractivity contribution >= 4 is 27.3 Å². The number of non-ortho nitro benzene ring substituents is 1. The quantitative estimate of drug-likeness (QED) is 0.436. The molecule has 0 bridgehead atoms. The fourth-order valence-corrected chi connectivity index (χ4v) is 4.26. The fraction of sp³-hybridized carbons (Fsp3) is 0.150. The number of hydrogen-bond acceptors (Lipinski definition) is 6. The highest BCUT2D eigenvalue weighted by molar-refractivity contribution is 7.92. The Morgan fingerprint density at radius 1 is 1.13 bits per heavy atom. The van der Waals surface area contributed by atoms with Crippen molar-refractivity contribution in [1.29, 1.82) is 0 Å². The molecule has 9 nitrogen and oxygen atoms in total. The van der Waals surface area contributed by atoms with Gasteiger partial charge in [-0.05, 0) is 49.2 Å². The number of aryl methyl sites for hydroxylation is 1. The van der Waals surface area contributed by atoms with Gasteiger partial charge in [0, 0.05) is 12.1 Å². The minimum absolute atomic E-state index is 0.0537. The molecule has 30 heavy (non-hydrogen) atoms. The van der Waals surface area contributed by atoms with Gasteiger partial charge in [0.05, 0.1) is 33.9 Å². The molecule has 3 aromatic rings. The van der Waals surface area contributed by atoms with E-state index in [1.165, 1.54) is 24.5 Å². The van der Waals surface area contributed by atoms with Crippen molar-refractivity contribution < 1.29 is 22.6 Å².